The lowest BCUT2D eigenvalue weighted by Crippen LogP contribution is -2.53. The lowest BCUT2D eigenvalue weighted by atomic mass is 9.93. The lowest BCUT2D eigenvalue weighted by molar-refractivity contribution is 0.130. The van der Waals surface area contributed by atoms with Gasteiger partial charge in [-0.1, -0.05) is 59.1 Å². The second-order valence-electron chi connectivity index (χ2n) is 9.46. The normalized spacial score (nSPS) is 20.0. The van der Waals surface area contributed by atoms with Gasteiger partial charge < -0.3 is 14.5 Å². The number of piperazine rings is 1. The van der Waals surface area contributed by atoms with E-state index in [0.717, 1.165) is 24.2 Å². The van der Waals surface area contributed by atoms with Crippen LogP contribution in [0.3, 0.4) is 0 Å². The number of ether oxygens (including phenoxy) is 1. The van der Waals surface area contributed by atoms with Gasteiger partial charge in [-0.3, -0.25) is 9.89 Å². The van der Waals surface area contributed by atoms with Crippen molar-refractivity contribution >= 4 is 46.7 Å². The average molecular weight is 572 g/mol. The first kappa shape index (κ1) is 26.8. The van der Waals surface area contributed by atoms with Crippen LogP contribution in [0.2, 0.25) is 15.1 Å². The molecule has 0 aliphatic carbocycles. The zero-order valence-corrected chi connectivity index (χ0v) is 23.5. The molecule has 1 saturated heterocycles. The number of rotatable bonds is 5. The largest absolute Gasteiger partial charge is 0.493 e. The zero-order valence-electron chi connectivity index (χ0n) is 21.3. The fourth-order valence-corrected chi connectivity index (χ4v) is 5.37. The summed E-state index contributed by atoms with van der Waals surface area (Å²) in [6.07, 6.45) is 0. The van der Waals surface area contributed by atoms with Crippen LogP contribution in [0.15, 0.2) is 71.7 Å². The highest BCUT2D eigenvalue weighted by Crippen LogP contribution is 2.45. The summed E-state index contributed by atoms with van der Waals surface area (Å²) < 4.78 is 5.97. The fraction of sp³-hybridized carbons (Fsp3) is 0.310. The zero-order chi connectivity index (χ0) is 26.8. The number of carbonyl (C=O) groups is 1. The van der Waals surface area contributed by atoms with Crippen LogP contribution in [0.5, 0.6) is 5.75 Å². The Morgan fingerprint density at radius 3 is 2.05 bits per heavy atom. The van der Waals surface area contributed by atoms with E-state index in [1.54, 1.807) is 12.1 Å². The number of nitrogens with zero attached hydrogens (tertiary/aromatic N) is 4. The van der Waals surface area contributed by atoms with Gasteiger partial charge in [-0.25, -0.2) is 4.79 Å². The number of amidine groups is 1. The van der Waals surface area contributed by atoms with Crippen LogP contribution in [0, 0.1) is 0 Å². The van der Waals surface area contributed by atoms with Gasteiger partial charge in [-0.05, 0) is 67.6 Å². The first-order valence-corrected chi connectivity index (χ1v) is 13.8. The number of aliphatic imine (C=N–C) groups is 1. The molecule has 2 atom stereocenters. The molecule has 3 aromatic rings. The van der Waals surface area contributed by atoms with Crippen LogP contribution in [0.4, 0.5) is 4.79 Å². The molecule has 1 fully saturated rings. The van der Waals surface area contributed by atoms with E-state index >= 15 is 0 Å². The van der Waals surface area contributed by atoms with Gasteiger partial charge in [-0.15, -0.1) is 0 Å². The molecular formula is C29H29Cl3N4O2. The van der Waals surface area contributed by atoms with Crippen molar-refractivity contribution in [2.24, 2.45) is 4.99 Å². The van der Waals surface area contributed by atoms with Crippen LogP contribution in [0.25, 0.3) is 0 Å². The number of hydrogen-bond donors (Lipinski definition) is 0. The van der Waals surface area contributed by atoms with Gasteiger partial charge in [-0.2, -0.15) is 0 Å². The van der Waals surface area contributed by atoms with Crippen LogP contribution in [0.1, 0.15) is 35.7 Å². The molecule has 0 saturated carbocycles. The molecule has 0 aromatic heterocycles. The summed E-state index contributed by atoms with van der Waals surface area (Å²) in [6, 6.07) is 19.8. The Morgan fingerprint density at radius 1 is 0.868 bits per heavy atom. The van der Waals surface area contributed by atoms with Crippen LogP contribution in [-0.2, 0) is 0 Å². The fourth-order valence-electron chi connectivity index (χ4n) is 4.96. The molecule has 9 heteroatoms. The molecule has 5 rings (SSSR count). The summed E-state index contributed by atoms with van der Waals surface area (Å²) in [5, 5.41) is 1.82. The summed E-state index contributed by atoms with van der Waals surface area (Å²) in [5.41, 5.74) is 2.60. The molecule has 3 aromatic carbocycles. The Kier molecular flexibility index (Phi) is 8.15. The van der Waals surface area contributed by atoms with Gasteiger partial charge in [0.15, 0.2) is 0 Å². The maximum absolute atomic E-state index is 14.3. The quantitative estimate of drug-likeness (QED) is 0.333. The Hall–Kier alpha value is -2.77. The van der Waals surface area contributed by atoms with E-state index in [0.29, 0.717) is 51.9 Å². The SMILES string of the molecule is CCOc1cc(Cl)ccc1C1=NC(c2ccc(Cl)cc2)C(c2ccc(Cl)cc2)N1C(=O)N1CCN(C)CC1. The second-order valence-corrected chi connectivity index (χ2v) is 10.8. The third-order valence-corrected chi connectivity index (χ3v) is 7.69. The van der Waals surface area contributed by atoms with E-state index in [1.165, 1.54) is 0 Å². The summed E-state index contributed by atoms with van der Waals surface area (Å²) in [5.74, 6) is 1.13. The number of hydrogen-bond acceptors (Lipinski definition) is 4. The highest BCUT2D eigenvalue weighted by atomic mass is 35.5. The molecule has 198 valence electrons. The maximum Gasteiger partial charge on any atom is 0.326 e. The van der Waals surface area contributed by atoms with Crippen LogP contribution in [-0.4, -0.2) is 66.4 Å². The second kappa shape index (κ2) is 11.5. The van der Waals surface area contributed by atoms with E-state index < -0.39 is 6.04 Å². The first-order valence-electron chi connectivity index (χ1n) is 12.6. The molecule has 2 aliphatic heterocycles. The number of carbonyl (C=O) groups excluding carboxylic acids is 1. The van der Waals surface area contributed by atoms with E-state index in [2.05, 4.69) is 11.9 Å². The van der Waals surface area contributed by atoms with Crippen molar-refractivity contribution < 1.29 is 9.53 Å². The minimum absolute atomic E-state index is 0.0920. The van der Waals surface area contributed by atoms with E-state index in [1.807, 2.05) is 71.3 Å². The highest BCUT2D eigenvalue weighted by Gasteiger charge is 2.44. The van der Waals surface area contributed by atoms with E-state index in [4.69, 9.17) is 44.5 Å². The standard InChI is InChI=1S/C29H29Cl3N4O2/c1-3-38-25-18-23(32)12-13-24(25)28-33-26(19-4-8-21(30)9-5-19)27(20-6-10-22(31)11-7-20)36(28)29(37)35-16-14-34(2)15-17-35/h4-13,18,26-27H,3,14-17H2,1-2H3. The Labute approximate surface area is 238 Å². The summed E-state index contributed by atoms with van der Waals surface area (Å²) in [7, 11) is 2.07. The predicted molar refractivity (Wildman–Crippen MR) is 154 cm³/mol. The molecule has 0 bridgehead atoms. The summed E-state index contributed by atoms with van der Waals surface area (Å²) in [6.45, 7) is 5.26. The van der Waals surface area contributed by atoms with Crippen molar-refractivity contribution in [2.45, 2.75) is 19.0 Å². The Morgan fingerprint density at radius 2 is 1.45 bits per heavy atom. The third-order valence-electron chi connectivity index (χ3n) is 6.95. The number of benzene rings is 3. The Bertz CT molecular complexity index is 1320. The summed E-state index contributed by atoms with van der Waals surface area (Å²) >= 11 is 18.8. The predicted octanol–water partition coefficient (Wildman–Crippen LogP) is 6.96. The van der Waals surface area contributed by atoms with E-state index in [9.17, 15) is 4.79 Å². The topological polar surface area (TPSA) is 48.4 Å². The Balaban J connectivity index is 1.68. The highest BCUT2D eigenvalue weighted by molar-refractivity contribution is 6.31. The van der Waals surface area contributed by atoms with Gasteiger partial charge in [0.2, 0.25) is 0 Å². The average Bonchev–Trinajstić information content (AvgIpc) is 3.30. The maximum atomic E-state index is 14.3. The van der Waals surface area contributed by atoms with Crippen molar-refractivity contribution in [2.75, 3.05) is 39.8 Å². The number of likely N-dealkylation sites (N-methyl/N-ethyl adjacent to an activating group) is 1. The van der Waals surface area contributed by atoms with Gasteiger partial charge in [0, 0.05) is 41.2 Å². The molecule has 0 radical (unpaired) electrons. The first-order chi connectivity index (χ1) is 18.4. The monoisotopic (exact) mass is 570 g/mol. The molecule has 2 heterocycles. The smallest absolute Gasteiger partial charge is 0.326 e. The molecule has 0 N–H and O–H groups in total. The van der Waals surface area contributed by atoms with Crippen molar-refractivity contribution in [3.05, 3.63) is 98.5 Å². The molecular weight excluding hydrogens is 543 g/mol. The minimum atomic E-state index is -0.402. The van der Waals surface area contributed by atoms with Crippen molar-refractivity contribution in [3.63, 3.8) is 0 Å². The molecule has 2 amide bonds. The molecule has 0 spiro atoms. The third kappa shape index (κ3) is 5.50. The van der Waals surface area contributed by atoms with Crippen molar-refractivity contribution in [1.82, 2.24) is 14.7 Å². The van der Waals surface area contributed by atoms with Crippen molar-refractivity contribution in [1.29, 1.82) is 0 Å². The molecule has 38 heavy (non-hydrogen) atoms. The van der Waals surface area contributed by atoms with Gasteiger partial charge in [0.25, 0.3) is 0 Å². The lowest BCUT2D eigenvalue weighted by Gasteiger charge is -2.38. The van der Waals surface area contributed by atoms with Crippen molar-refractivity contribution in [3.8, 4) is 5.75 Å². The molecule has 2 aliphatic rings. The number of urea groups is 1. The molecule has 2 unspecified atom stereocenters. The molecule has 6 nitrogen and oxygen atoms in total. The van der Waals surface area contributed by atoms with Gasteiger partial charge in [0.05, 0.1) is 18.2 Å². The van der Waals surface area contributed by atoms with Gasteiger partial charge >= 0.3 is 6.03 Å². The van der Waals surface area contributed by atoms with Crippen LogP contribution < -0.4 is 4.74 Å². The number of halogens is 3. The minimum Gasteiger partial charge on any atom is -0.493 e. The summed E-state index contributed by atoms with van der Waals surface area (Å²) in [4.78, 5) is 25.5. The number of amides is 2. The van der Waals surface area contributed by atoms with E-state index in [-0.39, 0.29) is 12.1 Å². The van der Waals surface area contributed by atoms with Gasteiger partial charge in [0.1, 0.15) is 17.6 Å². The van der Waals surface area contributed by atoms with Crippen LogP contribution >= 0.6 is 34.8 Å².